The monoisotopic (exact) mass is 278 g/mol. The summed E-state index contributed by atoms with van der Waals surface area (Å²) in [4.78, 5) is 2.15. The van der Waals surface area contributed by atoms with Crippen LogP contribution in [0.4, 0.5) is 0 Å². The molecule has 0 spiro atoms. The van der Waals surface area contributed by atoms with Crippen LogP contribution in [0.2, 0.25) is 0 Å². The fraction of sp³-hybridized carbons (Fsp3) is 1.00. The molecular weight excluding hydrogens is 252 g/mol. The van der Waals surface area contributed by atoms with E-state index >= 15 is 0 Å². The Morgan fingerprint density at radius 1 is 1.39 bits per heavy atom. The molecule has 0 bridgehead atoms. The predicted octanol–water partition coefficient (Wildman–Crippen LogP) is 0.122. The van der Waals surface area contributed by atoms with Gasteiger partial charge in [0, 0.05) is 32.3 Å². The third-order valence-electron chi connectivity index (χ3n) is 3.32. The summed E-state index contributed by atoms with van der Waals surface area (Å²) in [5.74, 6) is 0.678. The summed E-state index contributed by atoms with van der Waals surface area (Å²) in [7, 11) is -0.757. The van der Waals surface area contributed by atoms with Crippen LogP contribution in [0.3, 0.4) is 0 Å². The molecule has 1 rings (SSSR count). The van der Waals surface area contributed by atoms with Crippen molar-refractivity contribution in [3.05, 3.63) is 0 Å². The smallest absolute Gasteiger partial charge is 0.151 e. The first-order chi connectivity index (χ1) is 8.55. The summed E-state index contributed by atoms with van der Waals surface area (Å²) in [6.07, 6.45) is 1.80. The quantitative estimate of drug-likeness (QED) is 0.607. The number of hydrogen-bond donors (Lipinski definition) is 1. The fourth-order valence-corrected chi connectivity index (χ4v) is 3.93. The highest BCUT2D eigenvalue weighted by Gasteiger charge is 2.30. The molecule has 0 aromatic carbocycles. The van der Waals surface area contributed by atoms with Crippen molar-refractivity contribution in [3.8, 4) is 0 Å². The minimum absolute atomic E-state index is 0.209. The van der Waals surface area contributed by atoms with Gasteiger partial charge in [-0.15, -0.1) is 0 Å². The predicted molar refractivity (Wildman–Crippen MR) is 73.7 cm³/mol. The Morgan fingerprint density at radius 3 is 2.78 bits per heavy atom. The number of hydrogen-bond acceptors (Lipinski definition) is 5. The Kier molecular flexibility index (Phi) is 7.14. The number of sulfone groups is 1. The minimum Gasteiger partial charge on any atom is -0.382 e. The molecule has 0 amide bonds. The maximum absolute atomic E-state index is 11.4. The average molecular weight is 278 g/mol. The zero-order valence-corrected chi connectivity index (χ0v) is 12.3. The number of rotatable bonds is 9. The van der Waals surface area contributed by atoms with Crippen LogP contribution in [-0.4, -0.2) is 70.8 Å². The van der Waals surface area contributed by atoms with Gasteiger partial charge in [-0.2, -0.15) is 0 Å². The topological polar surface area (TPSA) is 58.6 Å². The highest BCUT2D eigenvalue weighted by atomic mass is 32.2. The van der Waals surface area contributed by atoms with Gasteiger partial charge in [-0.3, -0.25) is 0 Å². The second kappa shape index (κ2) is 8.09. The lowest BCUT2D eigenvalue weighted by atomic mass is 10.2. The Bertz CT molecular complexity index is 319. The number of likely N-dealkylation sites (N-methyl/N-ethyl adjacent to an activating group) is 1. The van der Waals surface area contributed by atoms with Crippen LogP contribution < -0.4 is 5.32 Å². The fourth-order valence-electron chi connectivity index (χ4n) is 2.13. The molecule has 0 aromatic heterocycles. The van der Waals surface area contributed by atoms with Gasteiger partial charge < -0.3 is 15.0 Å². The first-order valence-corrected chi connectivity index (χ1v) is 8.56. The SMILES string of the molecule is CCOCCCNCCN(C)C1CCS(=O)(=O)C1. The molecule has 1 saturated heterocycles. The Labute approximate surface area is 111 Å². The molecule has 5 nitrogen and oxygen atoms in total. The van der Waals surface area contributed by atoms with Gasteiger partial charge in [-0.1, -0.05) is 0 Å². The molecule has 6 heteroatoms. The van der Waals surface area contributed by atoms with Crippen molar-refractivity contribution in [1.82, 2.24) is 10.2 Å². The lowest BCUT2D eigenvalue weighted by Crippen LogP contribution is -2.38. The highest BCUT2D eigenvalue weighted by molar-refractivity contribution is 7.91. The van der Waals surface area contributed by atoms with E-state index in [1.165, 1.54) is 0 Å². The standard InChI is InChI=1S/C12H26N2O3S/c1-3-17-9-4-6-13-7-8-14(2)12-5-10-18(15,16)11-12/h12-13H,3-11H2,1-2H3. The van der Waals surface area contributed by atoms with Crippen LogP contribution in [0.1, 0.15) is 19.8 Å². The van der Waals surface area contributed by atoms with Crippen molar-refractivity contribution >= 4 is 9.84 Å². The van der Waals surface area contributed by atoms with Crippen LogP contribution >= 0.6 is 0 Å². The normalized spacial score (nSPS) is 22.7. The molecular formula is C12H26N2O3S. The van der Waals surface area contributed by atoms with Gasteiger partial charge >= 0.3 is 0 Å². The Balaban J connectivity index is 2.02. The van der Waals surface area contributed by atoms with Crippen LogP contribution in [0.15, 0.2) is 0 Å². The highest BCUT2D eigenvalue weighted by Crippen LogP contribution is 2.15. The second-order valence-corrected chi connectivity index (χ2v) is 7.07. The molecule has 1 unspecified atom stereocenters. The Hall–Kier alpha value is -0.170. The van der Waals surface area contributed by atoms with Crippen LogP contribution in [0.25, 0.3) is 0 Å². The minimum atomic E-state index is -2.76. The molecule has 18 heavy (non-hydrogen) atoms. The zero-order chi connectivity index (χ0) is 13.4. The average Bonchev–Trinajstić information content (AvgIpc) is 2.68. The van der Waals surface area contributed by atoms with E-state index in [4.69, 9.17) is 4.74 Å². The molecule has 1 aliphatic rings. The van der Waals surface area contributed by atoms with E-state index in [-0.39, 0.29) is 6.04 Å². The van der Waals surface area contributed by atoms with Crippen molar-refractivity contribution in [2.24, 2.45) is 0 Å². The van der Waals surface area contributed by atoms with Gasteiger partial charge in [-0.25, -0.2) is 8.42 Å². The van der Waals surface area contributed by atoms with Crippen molar-refractivity contribution in [2.75, 3.05) is 51.4 Å². The number of nitrogens with zero attached hydrogens (tertiary/aromatic N) is 1. The van der Waals surface area contributed by atoms with E-state index in [0.29, 0.717) is 11.5 Å². The summed E-state index contributed by atoms with van der Waals surface area (Å²) in [5, 5.41) is 3.35. The van der Waals surface area contributed by atoms with Crippen molar-refractivity contribution in [3.63, 3.8) is 0 Å². The zero-order valence-electron chi connectivity index (χ0n) is 11.5. The summed E-state index contributed by atoms with van der Waals surface area (Å²) >= 11 is 0. The van der Waals surface area contributed by atoms with Gasteiger partial charge in [0.2, 0.25) is 0 Å². The van der Waals surface area contributed by atoms with E-state index in [1.54, 1.807) is 0 Å². The molecule has 108 valence electrons. The number of ether oxygens (including phenoxy) is 1. The van der Waals surface area contributed by atoms with Crippen molar-refractivity contribution in [1.29, 1.82) is 0 Å². The van der Waals surface area contributed by atoms with Crippen molar-refractivity contribution in [2.45, 2.75) is 25.8 Å². The van der Waals surface area contributed by atoms with E-state index in [2.05, 4.69) is 10.2 Å². The largest absolute Gasteiger partial charge is 0.382 e. The van der Waals surface area contributed by atoms with Gasteiger partial charge in [0.1, 0.15) is 0 Å². The molecule has 1 N–H and O–H groups in total. The summed E-state index contributed by atoms with van der Waals surface area (Å²) in [5.41, 5.74) is 0. The van der Waals surface area contributed by atoms with E-state index in [0.717, 1.165) is 45.7 Å². The molecule has 1 atom stereocenters. The van der Waals surface area contributed by atoms with Gasteiger partial charge in [-0.05, 0) is 33.4 Å². The Morgan fingerprint density at radius 2 is 2.17 bits per heavy atom. The maximum Gasteiger partial charge on any atom is 0.151 e. The molecule has 1 fully saturated rings. The molecule has 0 saturated carbocycles. The van der Waals surface area contributed by atoms with E-state index < -0.39 is 9.84 Å². The third-order valence-corrected chi connectivity index (χ3v) is 5.07. The molecule has 1 heterocycles. The van der Waals surface area contributed by atoms with Gasteiger partial charge in [0.25, 0.3) is 0 Å². The second-order valence-electron chi connectivity index (χ2n) is 4.84. The lowest BCUT2D eigenvalue weighted by molar-refractivity contribution is 0.144. The van der Waals surface area contributed by atoms with Crippen molar-refractivity contribution < 1.29 is 13.2 Å². The van der Waals surface area contributed by atoms with E-state index in [1.807, 2.05) is 14.0 Å². The summed E-state index contributed by atoms with van der Waals surface area (Å²) < 4.78 is 28.0. The third kappa shape index (κ3) is 6.13. The van der Waals surface area contributed by atoms with Gasteiger partial charge in [0.15, 0.2) is 9.84 Å². The van der Waals surface area contributed by atoms with Crippen LogP contribution in [-0.2, 0) is 14.6 Å². The molecule has 0 aliphatic carbocycles. The molecule has 0 radical (unpaired) electrons. The summed E-state index contributed by atoms with van der Waals surface area (Å²) in [6.45, 7) is 6.34. The van der Waals surface area contributed by atoms with Crippen LogP contribution in [0.5, 0.6) is 0 Å². The molecule has 0 aromatic rings. The maximum atomic E-state index is 11.4. The first-order valence-electron chi connectivity index (χ1n) is 6.74. The first kappa shape index (κ1) is 15.9. The van der Waals surface area contributed by atoms with Crippen LogP contribution in [0, 0.1) is 0 Å². The van der Waals surface area contributed by atoms with Gasteiger partial charge in [0.05, 0.1) is 11.5 Å². The molecule has 1 aliphatic heterocycles. The number of nitrogens with one attached hydrogen (secondary N) is 1. The van der Waals surface area contributed by atoms with E-state index in [9.17, 15) is 8.42 Å². The lowest BCUT2D eigenvalue weighted by Gasteiger charge is -2.23. The summed E-state index contributed by atoms with van der Waals surface area (Å²) in [6, 6.07) is 0.209.